The summed E-state index contributed by atoms with van der Waals surface area (Å²) >= 11 is 7.42. The zero-order chi connectivity index (χ0) is 10.8. The van der Waals surface area contributed by atoms with Crippen LogP contribution < -0.4 is 0 Å². The quantitative estimate of drug-likeness (QED) is 0.844. The van der Waals surface area contributed by atoms with E-state index in [1.54, 1.807) is 17.4 Å². The van der Waals surface area contributed by atoms with Gasteiger partial charge in [-0.1, -0.05) is 23.7 Å². The predicted molar refractivity (Wildman–Crippen MR) is 64.6 cm³/mol. The molecule has 0 fully saturated rings. The van der Waals surface area contributed by atoms with E-state index in [2.05, 4.69) is 0 Å². The van der Waals surface area contributed by atoms with Gasteiger partial charge in [-0.15, -0.1) is 11.3 Å². The molecule has 15 heavy (non-hydrogen) atoms. The largest absolute Gasteiger partial charge is 0.383 e. The predicted octanol–water partition coefficient (Wildman–Crippen LogP) is 3.79. The van der Waals surface area contributed by atoms with Crippen molar-refractivity contribution in [3.05, 3.63) is 56.7 Å². The molecule has 0 aliphatic carbocycles. The van der Waals surface area contributed by atoms with Crippen molar-refractivity contribution in [2.45, 2.75) is 13.0 Å². The lowest BCUT2D eigenvalue weighted by Crippen LogP contribution is -1.99. The van der Waals surface area contributed by atoms with Gasteiger partial charge in [0.05, 0.1) is 0 Å². The molecule has 0 saturated heterocycles. The first-order chi connectivity index (χ1) is 7.18. The molecule has 78 valence electrons. The zero-order valence-corrected chi connectivity index (χ0v) is 9.85. The van der Waals surface area contributed by atoms with Gasteiger partial charge in [0.25, 0.3) is 0 Å². The van der Waals surface area contributed by atoms with Crippen molar-refractivity contribution in [1.82, 2.24) is 0 Å². The molecule has 0 spiro atoms. The Bertz CT molecular complexity index is 451. The number of aliphatic hydroxyl groups is 1. The second-order valence-electron chi connectivity index (χ2n) is 3.42. The van der Waals surface area contributed by atoms with Crippen molar-refractivity contribution in [3.8, 4) is 0 Å². The number of halogens is 1. The van der Waals surface area contributed by atoms with Crippen LogP contribution in [0.5, 0.6) is 0 Å². The van der Waals surface area contributed by atoms with E-state index in [0.717, 1.165) is 16.0 Å². The molecule has 1 nitrogen and oxygen atoms in total. The van der Waals surface area contributed by atoms with E-state index in [0.29, 0.717) is 5.02 Å². The molecule has 1 atom stereocenters. The fourth-order valence-electron chi connectivity index (χ4n) is 1.55. The highest BCUT2D eigenvalue weighted by atomic mass is 35.5. The van der Waals surface area contributed by atoms with Crippen LogP contribution in [0.15, 0.2) is 35.7 Å². The molecule has 2 aromatic rings. The molecule has 0 radical (unpaired) electrons. The lowest BCUT2D eigenvalue weighted by molar-refractivity contribution is 0.223. The van der Waals surface area contributed by atoms with Crippen LogP contribution in [0.25, 0.3) is 0 Å². The Balaban J connectivity index is 2.38. The lowest BCUT2D eigenvalue weighted by Gasteiger charge is -2.12. The number of hydrogen-bond donors (Lipinski definition) is 1. The number of benzene rings is 1. The molecular weight excluding hydrogens is 228 g/mol. The first kappa shape index (κ1) is 10.7. The van der Waals surface area contributed by atoms with Crippen molar-refractivity contribution in [1.29, 1.82) is 0 Å². The topological polar surface area (TPSA) is 20.2 Å². The van der Waals surface area contributed by atoms with Gasteiger partial charge in [0, 0.05) is 9.90 Å². The Labute approximate surface area is 98.0 Å². The molecule has 0 aliphatic rings. The van der Waals surface area contributed by atoms with Gasteiger partial charge < -0.3 is 5.11 Å². The van der Waals surface area contributed by atoms with Gasteiger partial charge in [0.1, 0.15) is 6.10 Å². The van der Waals surface area contributed by atoms with Crippen LogP contribution in [0.1, 0.15) is 22.1 Å². The summed E-state index contributed by atoms with van der Waals surface area (Å²) in [6, 6.07) is 9.42. The van der Waals surface area contributed by atoms with E-state index < -0.39 is 6.10 Å². The summed E-state index contributed by atoms with van der Waals surface area (Å²) in [6.45, 7) is 1.96. The molecule has 0 aliphatic heterocycles. The first-order valence-corrected chi connectivity index (χ1v) is 5.92. The zero-order valence-electron chi connectivity index (χ0n) is 8.27. The summed E-state index contributed by atoms with van der Waals surface area (Å²) in [7, 11) is 0. The Kier molecular flexibility index (Phi) is 3.10. The summed E-state index contributed by atoms with van der Waals surface area (Å²) in [5.74, 6) is 0. The average molecular weight is 239 g/mol. The molecule has 1 N–H and O–H groups in total. The Morgan fingerprint density at radius 3 is 2.73 bits per heavy atom. The molecule has 1 heterocycles. The molecular formula is C12H11ClOS. The maximum Gasteiger partial charge on any atom is 0.113 e. The minimum absolute atomic E-state index is 0.540. The summed E-state index contributed by atoms with van der Waals surface area (Å²) in [6.07, 6.45) is -0.540. The number of rotatable bonds is 2. The highest BCUT2D eigenvalue weighted by molar-refractivity contribution is 7.10. The smallest absolute Gasteiger partial charge is 0.113 e. The summed E-state index contributed by atoms with van der Waals surface area (Å²) in [5, 5.41) is 12.8. The van der Waals surface area contributed by atoms with Crippen LogP contribution in [-0.4, -0.2) is 5.11 Å². The standard InChI is InChI=1S/C12H11ClOS/c1-8-7-9(13)4-5-10(8)12(14)11-3-2-6-15-11/h2-7,12,14H,1H3/t12-/m0/s1. The number of hydrogen-bond acceptors (Lipinski definition) is 2. The van der Waals surface area contributed by atoms with Gasteiger partial charge in [-0.3, -0.25) is 0 Å². The maximum atomic E-state index is 10.1. The number of thiophene rings is 1. The van der Waals surface area contributed by atoms with Gasteiger partial charge in [0.2, 0.25) is 0 Å². The van der Waals surface area contributed by atoms with Crippen molar-refractivity contribution in [3.63, 3.8) is 0 Å². The SMILES string of the molecule is Cc1cc(Cl)ccc1[C@H](O)c1cccs1. The van der Waals surface area contributed by atoms with E-state index in [1.807, 2.05) is 36.6 Å². The van der Waals surface area contributed by atoms with E-state index in [1.165, 1.54) is 0 Å². The van der Waals surface area contributed by atoms with E-state index in [-0.39, 0.29) is 0 Å². The van der Waals surface area contributed by atoms with Gasteiger partial charge in [-0.2, -0.15) is 0 Å². The summed E-state index contributed by atoms with van der Waals surface area (Å²) < 4.78 is 0. The second kappa shape index (κ2) is 4.35. The molecule has 0 saturated carbocycles. The fraction of sp³-hybridized carbons (Fsp3) is 0.167. The Hall–Kier alpha value is -0.830. The third kappa shape index (κ3) is 2.23. The second-order valence-corrected chi connectivity index (χ2v) is 4.83. The van der Waals surface area contributed by atoms with E-state index in [4.69, 9.17) is 11.6 Å². The van der Waals surface area contributed by atoms with Gasteiger partial charge in [0.15, 0.2) is 0 Å². The van der Waals surface area contributed by atoms with Crippen LogP contribution in [0.4, 0.5) is 0 Å². The third-order valence-electron chi connectivity index (χ3n) is 2.34. The minimum Gasteiger partial charge on any atom is -0.383 e. The normalized spacial score (nSPS) is 12.7. The fourth-order valence-corrected chi connectivity index (χ4v) is 2.50. The number of aryl methyl sites for hydroxylation is 1. The van der Waals surface area contributed by atoms with Gasteiger partial charge >= 0.3 is 0 Å². The molecule has 1 aromatic heterocycles. The van der Waals surface area contributed by atoms with Crippen molar-refractivity contribution < 1.29 is 5.11 Å². The molecule has 2 rings (SSSR count). The van der Waals surface area contributed by atoms with Crippen molar-refractivity contribution >= 4 is 22.9 Å². The monoisotopic (exact) mass is 238 g/mol. The highest BCUT2D eigenvalue weighted by Crippen LogP contribution is 2.29. The minimum atomic E-state index is -0.540. The van der Waals surface area contributed by atoms with Crippen molar-refractivity contribution in [2.24, 2.45) is 0 Å². The van der Waals surface area contributed by atoms with Crippen LogP contribution in [0, 0.1) is 6.92 Å². The van der Waals surface area contributed by atoms with Crippen LogP contribution in [0.3, 0.4) is 0 Å². The average Bonchev–Trinajstić information content (AvgIpc) is 2.69. The summed E-state index contributed by atoms with van der Waals surface area (Å²) in [5.41, 5.74) is 1.94. The Morgan fingerprint density at radius 1 is 1.33 bits per heavy atom. The summed E-state index contributed by atoms with van der Waals surface area (Å²) in [4.78, 5) is 0.959. The number of aliphatic hydroxyl groups excluding tert-OH is 1. The molecule has 0 bridgehead atoms. The van der Waals surface area contributed by atoms with Gasteiger partial charge in [-0.25, -0.2) is 0 Å². The maximum absolute atomic E-state index is 10.1. The lowest BCUT2D eigenvalue weighted by atomic mass is 10.0. The van der Waals surface area contributed by atoms with Crippen LogP contribution in [0.2, 0.25) is 5.02 Å². The third-order valence-corrected chi connectivity index (χ3v) is 3.50. The molecule has 0 amide bonds. The van der Waals surface area contributed by atoms with Crippen molar-refractivity contribution in [2.75, 3.05) is 0 Å². The van der Waals surface area contributed by atoms with Crippen LogP contribution in [-0.2, 0) is 0 Å². The Morgan fingerprint density at radius 2 is 2.13 bits per heavy atom. The van der Waals surface area contributed by atoms with E-state index >= 15 is 0 Å². The van der Waals surface area contributed by atoms with E-state index in [9.17, 15) is 5.11 Å². The molecule has 3 heteroatoms. The first-order valence-electron chi connectivity index (χ1n) is 4.66. The highest BCUT2D eigenvalue weighted by Gasteiger charge is 2.13. The molecule has 1 aromatic carbocycles. The van der Waals surface area contributed by atoms with Gasteiger partial charge in [-0.05, 0) is 41.6 Å². The van der Waals surface area contributed by atoms with Crippen LogP contribution >= 0.6 is 22.9 Å². The molecule has 0 unspecified atom stereocenters.